The number of benzene rings is 1. The van der Waals surface area contributed by atoms with Gasteiger partial charge in [-0.1, -0.05) is 18.2 Å². The topological polar surface area (TPSA) is 53.6 Å². The SMILES string of the molecule is CC1(CNC(=O)C2=C3C=CC=CN3C(c3ccc(F)cc3)N2)CCCO1. The van der Waals surface area contributed by atoms with Crippen LogP contribution in [0, 0.1) is 5.82 Å². The van der Waals surface area contributed by atoms with Crippen molar-refractivity contribution < 1.29 is 13.9 Å². The standard InChI is InChI=1S/C20H22FN3O2/c1-20(10-4-12-26-20)13-22-19(25)17-16-5-2-3-11-24(16)18(23-17)14-6-8-15(21)9-7-14/h2-3,5-9,11,18,23H,4,10,12-13H2,1H3,(H,22,25). The van der Waals surface area contributed by atoms with Crippen LogP contribution in [0.1, 0.15) is 31.5 Å². The van der Waals surface area contributed by atoms with Gasteiger partial charge in [0.15, 0.2) is 0 Å². The van der Waals surface area contributed by atoms with Crippen molar-refractivity contribution in [1.29, 1.82) is 0 Å². The van der Waals surface area contributed by atoms with E-state index in [1.807, 2.05) is 36.3 Å². The van der Waals surface area contributed by atoms with E-state index in [1.54, 1.807) is 12.1 Å². The zero-order valence-electron chi connectivity index (χ0n) is 14.7. The molecule has 26 heavy (non-hydrogen) atoms. The van der Waals surface area contributed by atoms with Crippen LogP contribution in [0.25, 0.3) is 0 Å². The number of allylic oxidation sites excluding steroid dienone is 3. The highest BCUT2D eigenvalue weighted by molar-refractivity contribution is 5.94. The number of rotatable bonds is 4. The molecule has 6 heteroatoms. The van der Waals surface area contributed by atoms with Gasteiger partial charge in [0.1, 0.15) is 17.7 Å². The van der Waals surface area contributed by atoms with Crippen molar-refractivity contribution in [1.82, 2.24) is 15.5 Å². The highest BCUT2D eigenvalue weighted by Gasteiger charge is 2.35. The zero-order valence-corrected chi connectivity index (χ0v) is 14.7. The molecule has 0 bridgehead atoms. The third kappa shape index (κ3) is 3.12. The summed E-state index contributed by atoms with van der Waals surface area (Å²) >= 11 is 0. The summed E-state index contributed by atoms with van der Waals surface area (Å²) in [5.41, 5.74) is 1.91. The van der Waals surface area contributed by atoms with Crippen molar-refractivity contribution in [2.75, 3.05) is 13.2 Å². The molecule has 136 valence electrons. The highest BCUT2D eigenvalue weighted by atomic mass is 19.1. The number of carbonyl (C=O) groups excluding carboxylic acids is 1. The largest absolute Gasteiger partial charge is 0.373 e. The highest BCUT2D eigenvalue weighted by Crippen LogP contribution is 2.34. The van der Waals surface area contributed by atoms with Gasteiger partial charge in [-0.15, -0.1) is 0 Å². The molecule has 3 aliphatic heterocycles. The molecule has 2 unspecified atom stereocenters. The van der Waals surface area contributed by atoms with E-state index in [1.165, 1.54) is 12.1 Å². The lowest BCUT2D eigenvalue weighted by atomic mass is 10.0. The minimum absolute atomic E-state index is 0.161. The summed E-state index contributed by atoms with van der Waals surface area (Å²) in [6, 6.07) is 6.31. The van der Waals surface area contributed by atoms with Crippen LogP contribution in [-0.4, -0.2) is 29.6 Å². The molecule has 0 saturated carbocycles. The van der Waals surface area contributed by atoms with Crippen LogP contribution in [0.2, 0.25) is 0 Å². The second-order valence-electron chi connectivity index (χ2n) is 7.05. The Kier molecular flexibility index (Phi) is 4.28. The van der Waals surface area contributed by atoms with Crippen LogP contribution in [0.15, 0.2) is 60.1 Å². The minimum Gasteiger partial charge on any atom is -0.373 e. The number of amides is 1. The Hall–Kier alpha value is -2.60. The third-order valence-corrected chi connectivity index (χ3v) is 5.04. The van der Waals surface area contributed by atoms with E-state index in [-0.39, 0.29) is 23.5 Å². The maximum atomic E-state index is 13.3. The van der Waals surface area contributed by atoms with Crippen molar-refractivity contribution >= 4 is 5.91 Å². The van der Waals surface area contributed by atoms with Crippen LogP contribution < -0.4 is 10.6 Å². The molecule has 3 heterocycles. The first-order valence-corrected chi connectivity index (χ1v) is 8.87. The maximum absolute atomic E-state index is 13.3. The van der Waals surface area contributed by atoms with Crippen molar-refractivity contribution in [3.05, 3.63) is 71.5 Å². The van der Waals surface area contributed by atoms with Gasteiger partial charge in [-0.2, -0.15) is 0 Å². The quantitative estimate of drug-likeness (QED) is 0.872. The van der Waals surface area contributed by atoms with Gasteiger partial charge in [0.2, 0.25) is 0 Å². The molecule has 1 fully saturated rings. The molecule has 1 aromatic carbocycles. The molecule has 2 atom stereocenters. The number of carbonyl (C=O) groups is 1. The molecule has 0 aromatic heterocycles. The average molecular weight is 355 g/mol. The van der Waals surface area contributed by atoms with E-state index in [9.17, 15) is 9.18 Å². The fourth-order valence-electron chi connectivity index (χ4n) is 3.58. The number of nitrogens with one attached hydrogen (secondary N) is 2. The second kappa shape index (κ2) is 6.61. The first kappa shape index (κ1) is 16.8. The number of fused-ring (bicyclic) bond motifs is 1. The van der Waals surface area contributed by atoms with Crippen LogP contribution in [0.5, 0.6) is 0 Å². The summed E-state index contributed by atoms with van der Waals surface area (Å²) in [5.74, 6) is -0.442. The Labute approximate surface area is 152 Å². The summed E-state index contributed by atoms with van der Waals surface area (Å²) in [6.45, 7) is 3.24. The van der Waals surface area contributed by atoms with Gasteiger partial charge in [-0.3, -0.25) is 4.79 Å². The van der Waals surface area contributed by atoms with E-state index in [0.717, 1.165) is 30.7 Å². The normalized spacial score (nSPS) is 26.8. The van der Waals surface area contributed by atoms with E-state index in [0.29, 0.717) is 12.2 Å². The number of hydrogen-bond acceptors (Lipinski definition) is 4. The summed E-state index contributed by atoms with van der Waals surface area (Å²) in [6.07, 6.45) is 9.35. The minimum atomic E-state index is -0.294. The van der Waals surface area contributed by atoms with Crippen LogP contribution >= 0.6 is 0 Å². The van der Waals surface area contributed by atoms with Gasteiger partial charge >= 0.3 is 0 Å². The predicted molar refractivity (Wildman–Crippen MR) is 96.0 cm³/mol. The Bertz CT molecular complexity index is 792. The van der Waals surface area contributed by atoms with Gasteiger partial charge in [-0.05, 0) is 49.6 Å². The number of nitrogens with zero attached hydrogens (tertiary/aromatic N) is 1. The monoisotopic (exact) mass is 355 g/mol. The molecule has 1 saturated heterocycles. The van der Waals surface area contributed by atoms with Crippen LogP contribution in [-0.2, 0) is 9.53 Å². The smallest absolute Gasteiger partial charge is 0.269 e. The summed E-state index contributed by atoms with van der Waals surface area (Å²) < 4.78 is 19.0. The summed E-state index contributed by atoms with van der Waals surface area (Å²) in [7, 11) is 0. The molecule has 0 spiro atoms. The molecule has 5 nitrogen and oxygen atoms in total. The average Bonchev–Trinajstić information content (AvgIpc) is 3.25. The lowest BCUT2D eigenvalue weighted by molar-refractivity contribution is -0.119. The number of halogens is 1. The Morgan fingerprint density at radius 1 is 1.38 bits per heavy atom. The fraction of sp³-hybridized carbons (Fsp3) is 0.350. The predicted octanol–water partition coefficient (Wildman–Crippen LogP) is 2.71. The fourth-order valence-corrected chi connectivity index (χ4v) is 3.58. The van der Waals surface area contributed by atoms with Crippen LogP contribution in [0.3, 0.4) is 0 Å². The molecular formula is C20H22FN3O2. The van der Waals surface area contributed by atoms with Gasteiger partial charge in [0, 0.05) is 19.4 Å². The van der Waals surface area contributed by atoms with E-state index in [4.69, 9.17) is 4.74 Å². The van der Waals surface area contributed by atoms with E-state index < -0.39 is 0 Å². The van der Waals surface area contributed by atoms with Gasteiger partial charge in [0.05, 0.1) is 11.3 Å². The van der Waals surface area contributed by atoms with Gasteiger partial charge in [0.25, 0.3) is 5.91 Å². The van der Waals surface area contributed by atoms with Crippen molar-refractivity contribution in [3.8, 4) is 0 Å². The van der Waals surface area contributed by atoms with Crippen molar-refractivity contribution in [2.45, 2.75) is 31.5 Å². The first-order chi connectivity index (χ1) is 12.6. The second-order valence-corrected chi connectivity index (χ2v) is 7.05. The maximum Gasteiger partial charge on any atom is 0.269 e. The summed E-state index contributed by atoms with van der Waals surface area (Å²) in [4.78, 5) is 14.8. The molecule has 0 aliphatic carbocycles. The molecule has 4 rings (SSSR count). The van der Waals surface area contributed by atoms with Gasteiger partial charge < -0.3 is 20.3 Å². The lowest BCUT2D eigenvalue weighted by Gasteiger charge is -2.26. The van der Waals surface area contributed by atoms with Crippen LogP contribution in [0.4, 0.5) is 4.39 Å². The van der Waals surface area contributed by atoms with Crippen molar-refractivity contribution in [3.63, 3.8) is 0 Å². The number of ether oxygens (including phenoxy) is 1. The molecule has 1 aromatic rings. The zero-order chi connectivity index (χ0) is 18.1. The Morgan fingerprint density at radius 2 is 2.19 bits per heavy atom. The molecule has 3 aliphatic rings. The molecule has 2 N–H and O–H groups in total. The first-order valence-electron chi connectivity index (χ1n) is 8.87. The Balaban J connectivity index is 1.53. The van der Waals surface area contributed by atoms with E-state index >= 15 is 0 Å². The molecule has 0 radical (unpaired) electrons. The Morgan fingerprint density at radius 3 is 2.92 bits per heavy atom. The molecular weight excluding hydrogens is 333 g/mol. The molecule has 1 amide bonds. The van der Waals surface area contributed by atoms with Crippen molar-refractivity contribution in [2.24, 2.45) is 0 Å². The summed E-state index contributed by atoms with van der Waals surface area (Å²) in [5, 5.41) is 6.28. The van der Waals surface area contributed by atoms with E-state index in [2.05, 4.69) is 10.6 Å². The number of hydrogen-bond donors (Lipinski definition) is 2. The van der Waals surface area contributed by atoms with Gasteiger partial charge in [-0.25, -0.2) is 4.39 Å². The lowest BCUT2D eigenvalue weighted by Crippen LogP contribution is -2.42. The third-order valence-electron chi connectivity index (χ3n) is 5.04.